The molecule has 0 heterocycles. The molecule has 17 heavy (non-hydrogen) atoms. The summed E-state index contributed by atoms with van der Waals surface area (Å²) in [4.78, 5) is 0.308. The monoisotopic (exact) mass is 256 g/mol. The van der Waals surface area contributed by atoms with E-state index in [4.69, 9.17) is 4.18 Å². The fourth-order valence-electron chi connectivity index (χ4n) is 1.56. The minimum Gasteiger partial charge on any atom is -0.263 e. The van der Waals surface area contributed by atoms with Crippen molar-refractivity contribution in [3.8, 4) is 0 Å². The van der Waals surface area contributed by atoms with E-state index in [1.54, 1.807) is 19.1 Å². The second-order valence-corrected chi connectivity index (χ2v) is 5.67. The number of hydrogen-bond donors (Lipinski definition) is 0. The maximum Gasteiger partial charge on any atom is 0.297 e. The molecule has 0 radical (unpaired) electrons. The van der Waals surface area contributed by atoms with Gasteiger partial charge in [-0.05, 0) is 31.4 Å². The highest BCUT2D eigenvalue weighted by Gasteiger charge is 2.20. The van der Waals surface area contributed by atoms with E-state index in [9.17, 15) is 8.42 Å². The first-order valence-corrected chi connectivity index (χ1v) is 7.43. The zero-order valence-electron chi connectivity index (χ0n) is 10.6. The van der Waals surface area contributed by atoms with Crippen LogP contribution in [0, 0.1) is 0 Å². The number of rotatable bonds is 6. The van der Waals surface area contributed by atoms with Gasteiger partial charge in [0.05, 0.1) is 11.0 Å². The summed E-state index contributed by atoms with van der Waals surface area (Å²) >= 11 is 0. The van der Waals surface area contributed by atoms with Gasteiger partial charge in [0, 0.05) is 0 Å². The third kappa shape index (κ3) is 3.82. The van der Waals surface area contributed by atoms with Gasteiger partial charge in [-0.15, -0.1) is 0 Å². The first kappa shape index (κ1) is 14.2. The molecule has 0 saturated heterocycles. The third-order valence-corrected chi connectivity index (χ3v) is 4.15. The van der Waals surface area contributed by atoms with Crippen LogP contribution >= 0.6 is 0 Å². The summed E-state index contributed by atoms with van der Waals surface area (Å²) in [7, 11) is -3.62. The minimum absolute atomic E-state index is 0.283. The Bertz CT molecular complexity index is 451. The molecule has 1 aromatic carbocycles. The van der Waals surface area contributed by atoms with Crippen LogP contribution in [0.3, 0.4) is 0 Å². The molecule has 1 unspecified atom stereocenters. The predicted molar refractivity (Wildman–Crippen MR) is 68.5 cm³/mol. The summed E-state index contributed by atoms with van der Waals surface area (Å²) in [6.07, 6.45) is 2.05. The Kier molecular flexibility index (Phi) is 5.15. The molecule has 96 valence electrons. The number of hydrogen-bond acceptors (Lipinski definition) is 3. The van der Waals surface area contributed by atoms with Crippen molar-refractivity contribution in [2.45, 2.75) is 51.0 Å². The summed E-state index contributed by atoms with van der Waals surface area (Å²) in [6, 6.07) is 7.04. The highest BCUT2D eigenvalue weighted by Crippen LogP contribution is 2.21. The fourth-order valence-corrected chi connectivity index (χ4v) is 2.97. The Morgan fingerprint density at radius 1 is 1.24 bits per heavy atom. The van der Waals surface area contributed by atoms with Gasteiger partial charge in [-0.1, -0.05) is 38.5 Å². The lowest BCUT2D eigenvalue weighted by molar-refractivity contribution is 0.224. The van der Waals surface area contributed by atoms with Crippen LogP contribution in [-0.4, -0.2) is 14.5 Å². The van der Waals surface area contributed by atoms with Gasteiger partial charge >= 0.3 is 0 Å². The van der Waals surface area contributed by atoms with Gasteiger partial charge in [0.2, 0.25) is 0 Å². The van der Waals surface area contributed by atoms with Crippen LogP contribution in [0.2, 0.25) is 0 Å². The molecule has 1 rings (SSSR count). The molecule has 0 spiro atoms. The molecule has 0 amide bonds. The first-order valence-electron chi connectivity index (χ1n) is 6.02. The summed E-state index contributed by atoms with van der Waals surface area (Å²) in [5.74, 6) is 0. The quantitative estimate of drug-likeness (QED) is 0.734. The Balaban J connectivity index is 3.06. The highest BCUT2D eigenvalue weighted by atomic mass is 32.2. The van der Waals surface area contributed by atoms with Gasteiger partial charge in [-0.3, -0.25) is 4.18 Å². The van der Waals surface area contributed by atoms with Crippen molar-refractivity contribution >= 4 is 10.1 Å². The topological polar surface area (TPSA) is 43.4 Å². The van der Waals surface area contributed by atoms with Crippen LogP contribution in [-0.2, 0) is 20.7 Å². The molecule has 0 aliphatic carbocycles. The van der Waals surface area contributed by atoms with Crippen molar-refractivity contribution < 1.29 is 12.6 Å². The molecule has 0 fully saturated rings. The van der Waals surface area contributed by atoms with Crippen LogP contribution in [0.4, 0.5) is 0 Å². The van der Waals surface area contributed by atoms with E-state index in [1.807, 2.05) is 26.0 Å². The van der Waals surface area contributed by atoms with Crippen molar-refractivity contribution in [3.05, 3.63) is 29.8 Å². The van der Waals surface area contributed by atoms with Crippen LogP contribution in [0.25, 0.3) is 0 Å². The largest absolute Gasteiger partial charge is 0.297 e. The molecule has 0 N–H and O–H groups in total. The molecule has 0 aliphatic heterocycles. The maximum absolute atomic E-state index is 12.1. The second-order valence-electron chi connectivity index (χ2n) is 4.13. The van der Waals surface area contributed by atoms with Gasteiger partial charge in [0.1, 0.15) is 0 Å². The van der Waals surface area contributed by atoms with Gasteiger partial charge in [-0.25, -0.2) is 0 Å². The summed E-state index contributed by atoms with van der Waals surface area (Å²) in [5.41, 5.74) is 0.832. The van der Waals surface area contributed by atoms with Gasteiger partial charge in [0.25, 0.3) is 10.1 Å². The summed E-state index contributed by atoms with van der Waals surface area (Å²) in [6.45, 7) is 5.69. The minimum atomic E-state index is -3.62. The zero-order valence-corrected chi connectivity index (χ0v) is 11.5. The normalized spacial score (nSPS) is 13.6. The van der Waals surface area contributed by atoms with Crippen molar-refractivity contribution in [2.75, 3.05) is 0 Å². The van der Waals surface area contributed by atoms with E-state index in [0.29, 0.717) is 11.3 Å². The van der Waals surface area contributed by atoms with E-state index in [1.165, 1.54) is 0 Å². The van der Waals surface area contributed by atoms with E-state index < -0.39 is 10.1 Å². The Labute approximate surface area is 104 Å². The maximum atomic E-state index is 12.1. The van der Waals surface area contributed by atoms with Crippen molar-refractivity contribution in [1.29, 1.82) is 0 Å². The van der Waals surface area contributed by atoms with Crippen molar-refractivity contribution in [2.24, 2.45) is 0 Å². The lowest BCUT2D eigenvalue weighted by atomic mass is 10.1. The SMILES string of the molecule is CCCc1ccccc1S(=O)(=O)OC(C)CC. The first-order chi connectivity index (χ1) is 8.01. The molecule has 0 saturated carbocycles. The molecule has 0 aliphatic rings. The highest BCUT2D eigenvalue weighted by molar-refractivity contribution is 7.86. The number of aryl methyl sites for hydroxylation is 1. The van der Waals surface area contributed by atoms with Crippen LogP contribution < -0.4 is 0 Å². The van der Waals surface area contributed by atoms with Crippen molar-refractivity contribution in [1.82, 2.24) is 0 Å². The molecular weight excluding hydrogens is 236 g/mol. The Morgan fingerprint density at radius 2 is 1.88 bits per heavy atom. The molecule has 1 aromatic rings. The van der Waals surface area contributed by atoms with E-state index in [0.717, 1.165) is 18.4 Å². The molecule has 0 bridgehead atoms. The van der Waals surface area contributed by atoms with Gasteiger partial charge in [0.15, 0.2) is 0 Å². The molecular formula is C13H20O3S. The summed E-state index contributed by atoms with van der Waals surface area (Å²) in [5, 5.41) is 0. The number of benzene rings is 1. The molecule has 3 nitrogen and oxygen atoms in total. The second kappa shape index (κ2) is 6.17. The van der Waals surface area contributed by atoms with Crippen LogP contribution in [0.15, 0.2) is 29.2 Å². The van der Waals surface area contributed by atoms with E-state index in [-0.39, 0.29) is 6.10 Å². The third-order valence-electron chi connectivity index (χ3n) is 2.63. The fraction of sp³-hybridized carbons (Fsp3) is 0.538. The molecule has 0 aromatic heterocycles. The predicted octanol–water partition coefficient (Wildman–Crippen LogP) is 3.14. The molecule has 1 atom stereocenters. The van der Waals surface area contributed by atoms with Crippen LogP contribution in [0.1, 0.15) is 39.2 Å². The van der Waals surface area contributed by atoms with Crippen LogP contribution in [0.5, 0.6) is 0 Å². The zero-order chi connectivity index (χ0) is 12.9. The Morgan fingerprint density at radius 3 is 2.47 bits per heavy atom. The lowest BCUT2D eigenvalue weighted by Gasteiger charge is -2.13. The lowest BCUT2D eigenvalue weighted by Crippen LogP contribution is -2.16. The standard InChI is InChI=1S/C13H20O3S/c1-4-8-12-9-6-7-10-13(12)17(14,15)16-11(3)5-2/h6-7,9-11H,4-5,8H2,1-3H3. The Hall–Kier alpha value is -0.870. The molecule has 4 heteroatoms. The smallest absolute Gasteiger partial charge is 0.263 e. The van der Waals surface area contributed by atoms with Gasteiger partial charge in [-0.2, -0.15) is 8.42 Å². The van der Waals surface area contributed by atoms with E-state index in [2.05, 4.69) is 0 Å². The van der Waals surface area contributed by atoms with E-state index >= 15 is 0 Å². The van der Waals surface area contributed by atoms with Crippen molar-refractivity contribution in [3.63, 3.8) is 0 Å². The van der Waals surface area contributed by atoms with Gasteiger partial charge < -0.3 is 0 Å². The summed E-state index contributed by atoms with van der Waals surface area (Å²) < 4.78 is 29.3. The average molecular weight is 256 g/mol. The average Bonchev–Trinajstić information content (AvgIpc) is 2.29.